The molecule has 0 atom stereocenters. The van der Waals surface area contributed by atoms with Crippen LogP contribution in [-0.2, 0) is 30.4 Å². The van der Waals surface area contributed by atoms with E-state index in [4.69, 9.17) is 14.2 Å². The number of hydrogen-bond acceptors (Lipinski definition) is 6. The van der Waals surface area contributed by atoms with Gasteiger partial charge in [0.05, 0.1) is 13.2 Å². The smallest absolute Gasteiger partial charge is 0.337 e. The van der Waals surface area contributed by atoms with Gasteiger partial charge in [0.25, 0.3) is 0 Å². The number of fused-ring (bicyclic) bond motifs is 1. The Labute approximate surface area is 196 Å². The predicted molar refractivity (Wildman–Crippen MR) is 112 cm³/mol. The molecule has 186 valence electrons. The molecule has 0 saturated heterocycles. The number of carbonyl (C=O) groups excluding carboxylic acids is 2. The number of carbonyl (C=O) groups is 2. The van der Waals surface area contributed by atoms with Crippen molar-refractivity contribution < 1.29 is 50.5 Å². The summed E-state index contributed by atoms with van der Waals surface area (Å²) < 4.78 is 85.3. The summed E-state index contributed by atoms with van der Waals surface area (Å²) in [5, 5.41) is 2.08. The lowest BCUT2D eigenvalue weighted by Gasteiger charge is -2.09. The third-order valence-corrected chi connectivity index (χ3v) is 4.66. The molecule has 0 aliphatic rings. The lowest BCUT2D eigenvalue weighted by molar-refractivity contribution is -0.151. The molecule has 0 aliphatic heterocycles. The van der Waals surface area contributed by atoms with Crippen molar-refractivity contribution in [3.63, 3.8) is 0 Å². The van der Waals surface area contributed by atoms with Crippen LogP contribution in [0.2, 0.25) is 0 Å². The molecule has 0 heterocycles. The van der Waals surface area contributed by atoms with Crippen molar-refractivity contribution in [3.05, 3.63) is 76.6 Å². The first-order chi connectivity index (χ1) is 16.7. The van der Waals surface area contributed by atoms with Crippen LogP contribution in [0.1, 0.15) is 11.1 Å². The Kier molecular flexibility index (Phi) is 8.72. The zero-order chi connectivity index (χ0) is 25.5. The summed E-state index contributed by atoms with van der Waals surface area (Å²) in [6.45, 7) is 0.374. The topological polar surface area (TPSA) is 71.1 Å². The lowest BCUT2D eigenvalue weighted by Crippen LogP contribution is -2.20. The molecule has 0 aliphatic carbocycles. The van der Waals surface area contributed by atoms with Gasteiger partial charge in [0.1, 0.15) is 19.8 Å². The maximum absolute atomic E-state index is 13.5. The zero-order valence-electron chi connectivity index (χ0n) is 18.3. The number of ether oxygens (including phenoxy) is 4. The highest BCUT2D eigenvalue weighted by atomic mass is 19.2. The van der Waals surface area contributed by atoms with Gasteiger partial charge in [-0.25, -0.2) is 22.8 Å². The maximum Gasteiger partial charge on any atom is 0.337 e. The summed E-state index contributed by atoms with van der Waals surface area (Å²) in [5.41, 5.74) is 1.90. The minimum atomic E-state index is -2.38. The van der Waals surface area contributed by atoms with E-state index < -0.39 is 60.0 Å². The minimum Gasteiger partial charge on any atom is -0.459 e. The van der Waals surface area contributed by atoms with Crippen molar-refractivity contribution in [3.8, 4) is 5.75 Å². The first-order valence-corrected chi connectivity index (χ1v) is 10.2. The van der Waals surface area contributed by atoms with Crippen molar-refractivity contribution in [2.24, 2.45) is 0 Å². The molecule has 0 bridgehead atoms. The molecule has 0 unspecified atom stereocenters. The molecule has 0 radical (unpaired) electrons. The lowest BCUT2D eigenvalue weighted by atomic mass is 10.1. The number of halogens is 5. The van der Waals surface area contributed by atoms with E-state index in [2.05, 4.69) is 4.74 Å². The first kappa shape index (κ1) is 26.0. The summed E-state index contributed by atoms with van der Waals surface area (Å²) in [6.07, 6.45) is 0. The summed E-state index contributed by atoms with van der Waals surface area (Å²) >= 11 is 0. The van der Waals surface area contributed by atoms with Crippen molar-refractivity contribution in [1.29, 1.82) is 0 Å². The number of hydrogen-bond donors (Lipinski definition) is 0. The summed E-state index contributed by atoms with van der Waals surface area (Å²) in [6, 6.07) is 11.7. The molecule has 0 N–H and O–H groups in total. The van der Waals surface area contributed by atoms with E-state index in [1.54, 1.807) is 0 Å². The van der Waals surface area contributed by atoms with Crippen LogP contribution in [0.15, 0.2) is 36.4 Å². The molecule has 35 heavy (non-hydrogen) atoms. The van der Waals surface area contributed by atoms with Crippen molar-refractivity contribution in [2.75, 3.05) is 26.4 Å². The quantitative estimate of drug-likeness (QED) is 0.102. The number of aryl methyl sites for hydroxylation is 1. The average molecular weight is 498 g/mol. The Hall–Kier alpha value is -3.57. The summed E-state index contributed by atoms with van der Waals surface area (Å²) in [7, 11) is 0. The van der Waals surface area contributed by atoms with Gasteiger partial charge in [-0.3, -0.25) is 0 Å². The fourth-order valence-corrected chi connectivity index (χ4v) is 2.96. The van der Waals surface area contributed by atoms with Crippen LogP contribution in [-0.4, -0.2) is 38.4 Å². The fourth-order valence-electron chi connectivity index (χ4n) is 2.96. The minimum absolute atomic E-state index is 0.0477. The molecule has 0 saturated carbocycles. The normalized spacial score (nSPS) is 11.0. The summed E-state index contributed by atoms with van der Waals surface area (Å²) in [4.78, 5) is 23.4. The Morgan fingerprint density at radius 3 is 1.94 bits per heavy atom. The largest absolute Gasteiger partial charge is 0.459 e. The second-order valence-electron chi connectivity index (χ2n) is 7.32. The third kappa shape index (κ3) is 6.74. The maximum atomic E-state index is 13.5. The molecule has 11 heteroatoms. The van der Waals surface area contributed by atoms with Gasteiger partial charge < -0.3 is 18.9 Å². The Morgan fingerprint density at radius 2 is 1.29 bits per heavy atom. The van der Waals surface area contributed by atoms with Crippen LogP contribution < -0.4 is 4.74 Å². The van der Waals surface area contributed by atoms with E-state index in [1.165, 1.54) is 0 Å². The molecular weight excluding hydrogens is 479 g/mol. The standard InChI is InChI=1S/C24H19F5O6/c1-13-2-4-15-5-3-14(9-16(15)8-13)10-34-17(30)11-32-6-7-33-12-18(31)35-24-22(28)20(26)19(25)21(27)23(24)29/h2-5,8-9H,6-7,10-12H2,1H3. The zero-order valence-corrected chi connectivity index (χ0v) is 18.3. The van der Waals surface area contributed by atoms with E-state index in [1.807, 2.05) is 43.3 Å². The van der Waals surface area contributed by atoms with E-state index in [9.17, 15) is 31.5 Å². The molecule has 0 amide bonds. The van der Waals surface area contributed by atoms with Crippen molar-refractivity contribution in [1.82, 2.24) is 0 Å². The molecular formula is C24H19F5O6. The number of esters is 2. The Morgan fingerprint density at radius 1 is 0.714 bits per heavy atom. The van der Waals surface area contributed by atoms with Crippen molar-refractivity contribution in [2.45, 2.75) is 13.5 Å². The first-order valence-electron chi connectivity index (χ1n) is 10.2. The van der Waals surface area contributed by atoms with Gasteiger partial charge >= 0.3 is 11.9 Å². The number of rotatable bonds is 10. The highest BCUT2D eigenvalue weighted by molar-refractivity contribution is 5.83. The monoisotopic (exact) mass is 498 g/mol. The van der Waals surface area contributed by atoms with Gasteiger partial charge in [-0.15, -0.1) is 0 Å². The predicted octanol–water partition coefficient (Wildman–Crippen LogP) is 4.53. The van der Waals surface area contributed by atoms with Gasteiger partial charge in [0.15, 0.2) is 0 Å². The van der Waals surface area contributed by atoms with Crippen LogP contribution in [0.3, 0.4) is 0 Å². The molecule has 0 fully saturated rings. The second kappa shape index (κ2) is 11.7. The SMILES string of the molecule is Cc1ccc2ccc(COC(=O)COCCOCC(=O)Oc3c(F)c(F)c(F)c(F)c3F)cc2c1. The van der Waals surface area contributed by atoms with Crippen LogP contribution >= 0.6 is 0 Å². The van der Waals surface area contributed by atoms with E-state index in [0.717, 1.165) is 21.9 Å². The van der Waals surface area contributed by atoms with Gasteiger partial charge in [0, 0.05) is 0 Å². The van der Waals surface area contributed by atoms with Crippen LogP contribution in [0.5, 0.6) is 5.75 Å². The van der Waals surface area contributed by atoms with E-state index in [-0.39, 0.29) is 19.8 Å². The number of benzene rings is 3. The van der Waals surface area contributed by atoms with Crippen LogP contribution in [0.4, 0.5) is 22.0 Å². The van der Waals surface area contributed by atoms with E-state index >= 15 is 0 Å². The highest BCUT2D eigenvalue weighted by Gasteiger charge is 2.28. The summed E-state index contributed by atoms with van der Waals surface area (Å²) in [5.74, 6) is -15.2. The fraction of sp³-hybridized carbons (Fsp3) is 0.250. The Bertz CT molecular complexity index is 1220. The highest BCUT2D eigenvalue weighted by Crippen LogP contribution is 2.29. The second-order valence-corrected chi connectivity index (χ2v) is 7.32. The molecule has 3 aromatic carbocycles. The third-order valence-electron chi connectivity index (χ3n) is 4.66. The average Bonchev–Trinajstić information content (AvgIpc) is 2.84. The van der Waals surface area contributed by atoms with Crippen LogP contribution in [0, 0.1) is 36.0 Å². The van der Waals surface area contributed by atoms with Crippen LogP contribution in [0.25, 0.3) is 10.8 Å². The molecule has 3 aromatic rings. The molecule has 3 rings (SSSR count). The van der Waals surface area contributed by atoms with Gasteiger partial charge in [-0.1, -0.05) is 35.9 Å². The van der Waals surface area contributed by atoms with Gasteiger partial charge in [-0.2, -0.15) is 8.78 Å². The van der Waals surface area contributed by atoms with Crippen molar-refractivity contribution >= 4 is 22.7 Å². The van der Waals surface area contributed by atoms with E-state index in [0.29, 0.717) is 0 Å². The molecule has 0 spiro atoms. The van der Waals surface area contributed by atoms with Gasteiger partial charge in [0.2, 0.25) is 34.8 Å². The Balaban J connectivity index is 1.34. The molecule has 0 aromatic heterocycles. The molecule has 6 nitrogen and oxygen atoms in total. The van der Waals surface area contributed by atoms with Gasteiger partial charge in [-0.05, 0) is 29.3 Å².